The van der Waals surface area contributed by atoms with Crippen LogP contribution < -0.4 is 0 Å². The van der Waals surface area contributed by atoms with Gasteiger partial charge < -0.3 is 5.11 Å². The van der Waals surface area contributed by atoms with Crippen molar-refractivity contribution in [2.24, 2.45) is 5.41 Å². The fourth-order valence-corrected chi connectivity index (χ4v) is 2.58. The monoisotopic (exact) mass is 242 g/mol. The number of rotatable bonds is 11. The molecule has 0 aromatic rings. The van der Waals surface area contributed by atoms with Crippen molar-refractivity contribution >= 4 is 5.97 Å². The van der Waals surface area contributed by atoms with E-state index in [-0.39, 0.29) is 0 Å². The molecule has 0 bridgehead atoms. The first kappa shape index (κ1) is 16.5. The van der Waals surface area contributed by atoms with Crippen LogP contribution in [-0.2, 0) is 4.79 Å². The normalized spacial score (nSPS) is 14.5. The molecule has 0 saturated heterocycles. The van der Waals surface area contributed by atoms with Gasteiger partial charge in [0, 0.05) is 6.42 Å². The van der Waals surface area contributed by atoms with Gasteiger partial charge >= 0.3 is 5.97 Å². The number of unbranched alkanes of at least 4 members (excludes halogenated alkanes) is 3. The molecule has 0 aliphatic carbocycles. The van der Waals surface area contributed by atoms with Gasteiger partial charge in [-0.2, -0.15) is 0 Å². The number of hydrogen-bond acceptors (Lipinski definition) is 1. The molecule has 0 radical (unpaired) electrons. The second-order valence-electron chi connectivity index (χ2n) is 5.31. The predicted octanol–water partition coefficient (Wildman–Crippen LogP) is 5.02. The first-order valence-electron chi connectivity index (χ1n) is 7.32. The van der Waals surface area contributed by atoms with Crippen LogP contribution in [0.25, 0.3) is 0 Å². The third-order valence-electron chi connectivity index (χ3n) is 3.99. The standard InChI is InChI=1S/C15H30O2/c1-4-7-9-12-15(6-3,11-8-5-2)13-10-14(16)17/h4-13H2,1-3H3,(H,16,17). The topological polar surface area (TPSA) is 37.3 Å². The Morgan fingerprint density at radius 3 is 2.00 bits per heavy atom. The molecule has 0 aliphatic heterocycles. The lowest BCUT2D eigenvalue weighted by atomic mass is 9.72. The van der Waals surface area contributed by atoms with Gasteiger partial charge in [-0.15, -0.1) is 0 Å². The average Bonchev–Trinajstić information content (AvgIpc) is 2.32. The smallest absolute Gasteiger partial charge is 0.303 e. The van der Waals surface area contributed by atoms with E-state index in [2.05, 4.69) is 20.8 Å². The van der Waals surface area contributed by atoms with Gasteiger partial charge in [-0.25, -0.2) is 0 Å². The summed E-state index contributed by atoms with van der Waals surface area (Å²) in [6.45, 7) is 6.66. The van der Waals surface area contributed by atoms with Gasteiger partial charge in [-0.3, -0.25) is 4.79 Å². The Morgan fingerprint density at radius 2 is 1.53 bits per heavy atom. The van der Waals surface area contributed by atoms with Gasteiger partial charge in [0.15, 0.2) is 0 Å². The molecular weight excluding hydrogens is 212 g/mol. The fraction of sp³-hybridized carbons (Fsp3) is 0.933. The van der Waals surface area contributed by atoms with Crippen LogP contribution in [0.2, 0.25) is 0 Å². The highest BCUT2D eigenvalue weighted by molar-refractivity contribution is 5.66. The van der Waals surface area contributed by atoms with Crippen molar-refractivity contribution in [2.75, 3.05) is 0 Å². The largest absolute Gasteiger partial charge is 0.481 e. The molecule has 102 valence electrons. The fourth-order valence-electron chi connectivity index (χ4n) is 2.58. The molecule has 2 heteroatoms. The molecule has 0 aliphatic rings. The third-order valence-corrected chi connectivity index (χ3v) is 3.99. The summed E-state index contributed by atoms with van der Waals surface area (Å²) in [5.41, 5.74) is 0.295. The van der Waals surface area contributed by atoms with E-state index in [9.17, 15) is 4.79 Å². The zero-order chi connectivity index (χ0) is 13.1. The van der Waals surface area contributed by atoms with Crippen molar-refractivity contribution < 1.29 is 9.90 Å². The minimum Gasteiger partial charge on any atom is -0.481 e. The highest BCUT2D eigenvalue weighted by atomic mass is 16.4. The number of hydrogen-bond donors (Lipinski definition) is 1. The Balaban J connectivity index is 4.32. The van der Waals surface area contributed by atoms with Gasteiger partial charge in [0.05, 0.1) is 0 Å². The van der Waals surface area contributed by atoms with E-state index >= 15 is 0 Å². The van der Waals surface area contributed by atoms with Crippen molar-refractivity contribution in [3.63, 3.8) is 0 Å². The van der Waals surface area contributed by atoms with Gasteiger partial charge in [0.25, 0.3) is 0 Å². The first-order chi connectivity index (χ1) is 8.10. The van der Waals surface area contributed by atoms with Gasteiger partial charge in [0.1, 0.15) is 0 Å². The third kappa shape index (κ3) is 7.40. The van der Waals surface area contributed by atoms with Crippen molar-refractivity contribution in [2.45, 2.75) is 85.0 Å². The van der Waals surface area contributed by atoms with E-state index in [0.29, 0.717) is 11.8 Å². The number of aliphatic carboxylic acids is 1. The van der Waals surface area contributed by atoms with E-state index in [1.807, 2.05) is 0 Å². The maximum Gasteiger partial charge on any atom is 0.303 e. The lowest BCUT2D eigenvalue weighted by Crippen LogP contribution is -2.21. The van der Waals surface area contributed by atoms with E-state index in [1.165, 1.54) is 44.9 Å². The van der Waals surface area contributed by atoms with Crippen LogP contribution in [-0.4, -0.2) is 11.1 Å². The molecular formula is C15H30O2. The summed E-state index contributed by atoms with van der Waals surface area (Å²) in [6.07, 6.45) is 11.0. The van der Waals surface area contributed by atoms with Crippen molar-refractivity contribution in [3.05, 3.63) is 0 Å². The lowest BCUT2D eigenvalue weighted by molar-refractivity contribution is -0.137. The summed E-state index contributed by atoms with van der Waals surface area (Å²) in [5.74, 6) is -0.644. The minimum absolute atomic E-state index is 0.295. The highest BCUT2D eigenvalue weighted by Gasteiger charge is 2.27. The van der Waals surface area contributed by atoms with Crippen LogP contribution in [0.15, 0.2) is 0 Å². The Morgan fingerprint density at radius 1 is 0.941 bits per heavy atom. The van der Waals surface area contributed by atoms with Gasteiger partial charge in [-0.05, 0) is 24.7 Å². The van der Waals surface area contributed by atoms with Crippen LogP contribution in [0.3, 0.4) is 0 Å². The van der Waals surface area contributed by atoms with Crippen molar-refractivity contribution in [1.82, 2.24) is 0 Å². The quantitative estimate of drug-likeness (QED) is 0.517. The molecule has 1 unspecified atom stereocenters. The van der Waals surface area contributed by atoms with Crippen LogP contribution in [0.1, 0.15) is 85.0 Å². The summed E-state index contributed by atoms with van der Waals surface area (Å²) in [6, 6.07) is 0. The minimum atomic E-state index is -0.644. The molecule has 1 N–H and O–H groups in total. The van der Waals surface area contributed by atoms with Crippen molar-refractivity contribution in [3.8, 4) is 0 Å². The second kappa shape index (κ2) is 9.49. The molecule has 0 amide bonds. The summed E-state index contributed by atoms with van der Waals surface area (Å²) >= 11 is 0. The zero-order valence-corrected chi connectivity index (χ0v) is 11.9. The van der Waals surface area contributed by atoms with Crippen LogP contribution >= 0.6 is 0 Å². The molecule has 0 saturated carbocycles. The maximum atomic E-state index is 10.8. The highest BCUT2D eigenvalue weighted by Crippen LogP contribution is 2.39. The van der Waals surface area contributed by atoms with E-state index in [4.69, 9.17) is 5.11 Å². The van der Waals surface area contributed by atoms with Gasteiger partial charge in [0.2, 0.25) is 0 Å². The maximum absolute atomic E-state index is 10.8. The van der Waals surface area contributed by atoms with Crippen LogP contribution in [0, 0.1) is 5.41 Å². The summed E-state index contributed by atoms with van der Waals surface area (Å²) in [5, 5.41) is 8.87. The Bertz CT molecular complexity index is 201. The number of carbonyl (C=O) groups is 1. The van der Waals surface area contributed by atoms with E-state index in [1.54, 1.807) is 0 Å². The lowest BCUT2D eigenvalue weighted by Gasteiger charge is -2.33. The molecule has 0 spiro atoms. The molecule has 1 atom stereocenters. The summed E-state index contributed by atoms with van der Waals surface area (Å²) < 4.78 is 0. The molecule has 0 rings (SSSR count). The van der Waals surface area contributed by atoms with E-state index in [0.717, 1.165) is 12.8 Å². The van der Waals surface area contributed by atoms with Crippen molar-refractivity contribution in [1.29, 1.82) is 0 Å². The molecule has 0 aromatic carbocycles. The molecule has 2 nitrogen and oxygen atoms in total. The second-order valence-corrected chi connectivity index (χ2v) is 5.31. The van der Waals surface area contributed by atoms with Crippen LogP contribution in [0.5, 0.6) is 0 Å². The summed E-state index contributed by atoms with van der Waals surface area (Å²) in [7, 11) is 0. The molecule has 0 heterocycles. The Kier molecular flexibility index (Phi) is 9.20. The SMILES string of the molecule is CCCCCC(CC)(CCCC)CCC(=O)O. The first-order valence-corrected chi connectivity index (χ1v) is 7.32. The molecule has 17 heavy (non-hydrogen) atoms. The number of carboxylic acid groups (broad SMARTS) is 1. The molecule has 0 fully saturated rings. The Hall–Kier alpha value is -0.530. The van der Waals surface area contributed by atoms with Crippen LogP contribution in [0.4, 0.5) is 0 Å². The van der Waals surface area contributed by atoms with E-state index < -0.39 is 5.97 Å². The number of carboxylic acids is 1. The zero-order valence-electron chi connectivity index (χ0n) is 11.9. The summed E-state index contributed by atoms with van der Waals surface area (Å²) in [4.78, 5) is 10.8. The van der Waals surface area contributed by atoms with Gasteiger partial charge in [-0.1, -0.05) is 59.3 Å². The predicted molar refractivity (Wildman–Crippen MR) is 73.3 cm³/mol. The Labute approximate surface area is 107 Å². The average molecular weight is 242 g/mol. The molecule has 0 aromatic heterocycles.